The maximum Gasteiger partial charge on any atom is 0.267 e. The molecule has 0 aliphatic carbocycles. The van der Waals surface area contributed by atoms with Crippen LogP contribution in [0.2, 0.25) is 0 Å². The first-order valence-electron chi connectivity index (χ1n) is 10.0. The smallest absolute Gasteiger partial charge is 0.267 e. The molecule has 1 aromatic carbocycles. The van der Waals surface area contributed by atoms with E-state index < -0.39 is 5.91 Å². The summed E-state index contributed by atoms with van der Waals surface area (Å²) < 4.78 is 1.97. The number of hydrogen-bond acceptors (Lipinski definition) is 4. The van der Waals surface area contributed by atoms with E-state index in [0.717, 1.165) is 50.2 Å². The normalized spacial score (nSPS) is 14.8. The highest BCUT2D eigenvalue weighted by Gasteiger charge is 2.16. The van der Waals surface area contributed by atoms with Crippen molar-refractivity contribution in [2.24, 2.45) is 0 Å². The molecule has 0 fully saturated rings. The van der Waals surface area contributed by atoms with Gasteiger partial charge in [0.1, 0.15) is 0 Å². The molecule has 0 saturated carbocycles. The molecule has 1 aliphatic rings. The summed E-state index contributed by atoms with van der Waals surface area (Å²) in [4.78, 5) is 13.7. The third-order valence-electron chi connectivity index (χ3n) is 5.60. The number of aromatic nitrogens is 2. The van der Waals surface area contributed by atoms with Crippen molar-refractivity contribution in [3.05, 3.63) is 76.6 Å². The van der Waals surface area contributed by atoms with Gasteiger partial charge in [0.05, 0.1) is 11.2 Å². The fraction of sp³-hybridized carbons (Fsp3) is 0.304. The second kappa shape index (κ2) is 8.59. The van der Waals surface area contributed by atoms with Crippen molar-refractivity contribution in [1.82, 2.24) is 20.0 Å². The fourth-order valence-electron chi connectivity index (χ4n) is 4.10. The summed E-state index contributed by atoms with van der Waals surface area (Å²) >= 11 is 0. The minimum atomic E-state index is -0.519. The number of benzene rings is 1. The number of hydrogen-bond donors (Lipinski definition) is 2. The highest BCUT2D eigenvalue weighted by atomic mass is 16.5. The van der Waals surface area contributed by atoms with Crippen molar-refractivity contribution in [3.8, 4) is 0 Å². The predicted octanol–water partition coefficient (Wildman–Crippen LogP) is 3.15. The Morgan fingerprint density at radius 3 is 3.03 bits per heavy atom. The monoisotopic (exact) mass is 390 g/mol. The van der Waals surface area contributed by atoms with Gasteiger partial charge >= 0.3 is 0 Å². The molecule has 6 heteroatoms. The maximum atomic E-state index is 11.2. The summed E-state index contributed by atoms with van der Waals surface area (Å²) in [6.07, 6.45) is 8.21. The van der Waals surface area contributed by atoms with E-state index in [4.69, 9.17) is 5.21 Å². The Labute approximate surface area is 170 Å². The van der Waals surface area contributed by atoms with Crippen LogP contribution >= 0.6 is 0 Å². The zero-order valence-corrected chi connectivity index (χ0v) is 16.6. The van der Waals surface area contributed by atoms with Crippen LogP contribution in [0, 0.1) is 6.92 Å². The van der Waals surface area contributed by atoms with E-state index in [2.05, 4.69) is 41.2 Å². The maximum absolute atomic E-state index is 11.2. The van der Waals surface area contributed by atoms with Crippen molar-refractivity contribution < 1.29 is 10.0 Å². The third kappa shape index (κ3) is 4.39. The summed E-state index contributed by atoms with van der Waals surface area (Å²) in [7, 11) is 0. The molecule has 3 heterocycles. The summed E-state index contributed by atoms with van der Waals surface area (Å²) in [5.41, 5.74) is 8.91. The first kappa shape index (κ1) is 19.4. The summed E-state index contributed by atoms with van der Waals surface area (Å²) in [6.45, 7) is 5.11. The van der Waals surface area contributed by atoms with Crippen molar-refractivity contribution in [2.75, 3.05) is 13.1 Å². The standard InChI is InChI=1S/C23H26N4O2/c1-17-21(22-6-2-3-13-27(22)24-17)11-14-26-12-4-5-19-15-18(7-9-20(19)16-26)8-10-23(28)25-29/h2-3,6-10,13,15,29H,4-5,11-12,14,16H2,1H3,(H,25,28)/b10-8+. The Morgan fingerprint density at radius 2 is 2.17 bits per heavy atom. The largest absolute Gasteiger partial charge is 0.299 e. The van der Waals surface area contributed by atoms with E-state index in [9.17, 15) is 4.79 Å². The molecule has 0 spiro atoms. The molecule has 0 bridgehead atoms. The SMILES string of the molecule is Cc1nn2ccccc2c1CCN1CCCc2cc(/C=C/C(=O)NO)ccc2C1. The Kier molecular flexibility index (Phi) is 5.74. The molecule has 3 aromatic rings. The number of amides is 1. The highest BCUT2D eigenvalue weighted by Crippen LogP contribution is 2.22. The van der Waals surface area contributed by atoms with Crippen LogP contribution in [0.15, 0.2) is 48.7 Å². The van der Waals surface area contributed by atoms with E-state index in [0.29, 0.717) is 0 Å². The van der Waals surface area contributed by atoms with Gasteiger partial charge in [-0.2, -0.15) is 5.10 Å². The van der Waals surface area contributed by atoms with Crippen LogP contribution in [0.5, 0.6) is 0 Å². The molecule has 2 N–H and O–H groups in total. The first-order chi connectivity index (χ1) is 14.1. The van der Waals surface area contributed by atoms with E-state index in [1.54, 1.807) is 11.6 Å². The zero-order valence-electron chi connectivity index (χ0n) is 16.6. The molecule has 2 aromatic heterocycles. The molecule has 0 radical (unpaired) electrons. The topological polar surface area (TPSA) is 69.9 Å². The molecule has 4 rings (SSSR count). The second-order valence-corrected chi connectivity index (χ2v) is 7.56. The van der Waals surface area contributed by atoms with Crippen molar-refractivity contribution in [1.29, 1.82) is 0 Å². The number of hydroxylamine groups is 1. The summed E-state index contributed by atoms with van der Waals surface area (Å²) in [5.74, 6) is -0.519. The van der Waals surface area contributed by atoms with Gasteiger partial charge in [0, 0.05) is 30.9 Å². The van der Waals surface area contributed by atoms with Crippen molar-refractivity contribution >= 4 is 17.5 Å². The van der Waals surface area contributed by atoms with Gasteiger partial charge in [-0.15, -0.1) is 0 Å². The number of fused-ring (bicyclic) bond motifs is 2. The third-order valence-corrected chi connectivity index (χ3v) is 5.60. The van der Waals surface area contributed by atoms with Gasteiger partial charge in [0.25, 0.3) is 5.91 Å². The van der Waals surface area contributed by atoms with Crippen LogP contribution in [-0.4, -0.2) is 38.7 Å². The number of carbonyl (C=O) groups excluding carboxylic acids is 1. The average molecular weight is 390 g/mol. The molecule has 0 saturated heterocycles. The summed E-state index contributed by atoms with van der Waals surface area (Å²) in [6, 6.07) is 12.5. The fourth-order valence-corrected chi connectivity index (χ4v) is 4.10. The Morgan fingerprint density at radius 1 is 1.28 bits per heavy atom. The van der Waals surface area contributed by atoms with Crippen LogP contribution in [-0.2, 0) is 24.2 Å². The molecule has 0 unspecified atom stereocenters. The number of pyridine rings is 1. The second-order valence-electron chi connectivity index (χ2n) is 7.56. The molecule has 1 aliphatic heterocycles. The molecular weight excluding hydrogens is 364 g/mol. The quantitative estimate of drug-likeness (QED) is 0.399. The van der Waals surface area contributed by atoms with Gasteiger partial charge in [-0.05, 0) is 67.6 Å². The van der Waals surface area contributed by atoms with Gasteiger partial charge in [-0.25, -0.2) is 10.00 Å². The molecule has 29 heavy (non-hydrogen) atoms. The number of nitrogens with one attached hydrogen (secondary N) is 1. The van der Waals surface area contributed by atoms with Crippen LogP contribution in [0.1, 0.15) is 34.4 Å². The number of rotatable bonds is 5. The lowest BCUT2D eigenvalue weighted by molar-refractivity contribution is -0.124. The van der Waals surface area contributed by atoms with Crippen molar-refractivity contribution in [2.45, 2.75) is 32.7 Å². The molecule has 6 nitrogen and oxygen atoms in total. The number of nitrogens with zero attached hydrogens (tertiary/aromatic N) is 3. The highest BCUT2D eigenvalue weighted by molar-refractivity contribution is 5.90. The molecule has 150 valence electrons. The Balaban J connectivity index is 1.45. The van der Waals surface area contributed by atoms with Crippen LogP contribution in [0.4, 0.5) is 0 Å². The van der Waals surface area contributed by atoms with Crippen LogP contribution < -0.4 is 5.48 Å². The number of aryl methyl sites for hydroxylation is 2. The summed E-state index contributed by atoms with van der Waals surface area (Å²) in [5, 5.41) is 13.2. The Bertz CT molecular complexity index is 1050. The minimum absolute atomic E-state index is 0.519. The average Bonchev–Trinajstić information content (AvgIpc) is 2.91. The van der Waals surface area contributed by atoms with Gasteiger partial charge in [-0.3, -0.25) is 14.9 Å². The van der Waals surface area contributed by atoms with Gasteiger partial charge < -0.3 is 0 Å². The van der Waals surface area contributed by atoms with E-state index in [-0.39, 0.29) is 0 Å². The van der Waals surface area contributed by atoms with Gasteiger partial charge in [0.2, 0.25) is 0 Å². The van der Waals surface area contributed by atoms with E-state index in [1.807, 2.05) is 22.8 Å². The van der Waals surface area contributed by atoms with Gasteiger partial charge in [0.15, 0.2) is 0 Å². The minimum Gasteiger partial charge on any atom is -0.299 e. The lowest BCUT2D eigenvalue weighted by atomic mass is 10.0. The molecule has 1 amide bonds. The zero-order chi connectivity index (χ0) is 20.2. The van der Waals surface area contributed by atoms with Gasteiger partial charge in [-0.1, -0.05) is 24.3 Å². The molecular formula is C23H26N4O2. The Hall–Kier alpha value is -2.96. The van der Waals surface area contributed by atoms with E-state index >= 15 is 0 Å². The molecule has 0 atom stereocenters. The van der Waals surface area contributed by atoms with Crippen LogP contribution in [0.25, 0.3) is 11.6 Å². The lowest BCUT2D eigenvalue weighted by Gasteiger charge is -2.20. The van der Waals surface area contributed by atoms with E-state index in [1.165, 1.54) is 28.3 Å². The predicted molar refractivity (Wildman–Crippen MR) is 113 cm³/mol. The van der Waals surface area contributed by atoms with Crippen molar-refractivity contribution in [3.63, 3.8) is 0 Å². The number of carbonyl (C=O) groups is 1. The van der Waals surface area contributed by atoms with Crippen LogP contribution in [0.3, 0.4) is 0 Å². The lowest BCUT2D eigenvalue weighted by Crippen LogP contribution is -2.25. The first-order valence-corrected chi connectivity index (χ1v) is 10.0.